The van der Waals surface area contributed by atoms with Crippen molar-refractivity contribution in [2.75, 3.05) is 31.6 Å². The molecular formula is C15H23N3O. The average molecular weight is 261 g/mol. The zero-order valence-corrected chi connectivity index (χ0v) is 11.6. The normalized spacial score (nSPS) is 20.6. The first-order chi connectivity index (χ1) is 9.35. The summed E-state index contributed by atoms with van der Waals surface area (Å²) in [4.78, 5) is 6.59. The van der Waals surface area contributed by atoms with E-state index < -0.39 is 0 Å². The second kappa shape index (κ2) is 5.78. The van der Waals surface area contributed by atoms with Crippen LogP contribution in [0.15, 0.2) is 18.3 Å². The van der Waals surface area contributed by atoms with Crippen LogP contribution < -0.4 is 15.0 Å². The minimum Gasteiger partial charge on any atom is -0.481 e. The summed E-state index contributed by atoms with van der Waals surface area (Å²) < 4.78 is 5.19. The summed E-state index contributed by atoms with van der Waals surface area (Å²) in [5.41, 5.74) is 1.23. The maximum Gasteiger partial charge on any atom is 0.214 e. The molecule has 104 valence electrons. The van der Waals surface area contributed by atoms with Gasteiger partial charge in [0, 0.05) is 37.1 Å². The van der Waals surface area contributed by atoms with Gasteiger partial charge in [-0.05, 0) is 44.2 Å². The molecule has 1 aromatic rings. The van der Waals surface area contributed by atoms with Crippen molar-refractivity contribution >= 4 is 5.69 Å². The quantitative estimate of drug-likeness (QED) is 0.880. The molecule has 0 spiro atoms. The molecular weight excluding hydrogens is 238 g/mol. The van der Waals surface area contributed by atoms with E-state index in [1.165, 1.54) is 37.9 Å². The Balaban J connectivity index is 1.50. The Kier molecular flexibility index (Phi) is 3.87. The van der Waals surface area contributed by atoms with Crippen LogP contribution in [0.4, 0.5) is 5.69 Å². The number of pyridine rings is 1. The summed E-state index contributed by atoms with van der Waals surface area (Å²) in [7, 11) is 1.67. The second-order valence-corrected chi connectivity index (χ2v) is 5.67. The number of hydrogen-bond donors (Lipinski definition) is 1. The summed E-state index contributed by atoms with van der Waals surface area (Å²) in [5, 5.41) is 3.71. The zero-order chi connectivity index (χ0) is 13.1. The van der Waals surface area contributed by atoms with Crippen molar-refractivity contribution in [3.05, 3.63) is 18.3 Å². The number of piperidine rings is 1. The van der Waals surface area contributed by atoms with Crippen molar-refractivity contribution in [1.82, 2.24) is 10.3 Å². The summed E-state index contributed by atoms with van der Waals surface area (Å²) in [6.45, 7) is 3.47. The molecule has 1 aliphatic carbocycles. The molecule has 0 unspecified atom stereocenters. The Bertz CT molecular complexity index is 412. The van der Waals surface area contributed by atoms with Crippen LogP contribution in [0.1, 0.15) is 25.7 Å². The molecule has 2 aliphatic rings. The summed E-state index contributed by atoms with van der Waals surface area (Å²) in [6.07, 6.45) is 7.16. The Morgan fingerprint density at radius 3 is 2.79 bits per heavy atom. The molecule has 0 bridgehead atoms. The number of methoxy groups -OCH3 is 1. The first kappa shape index (κ1) is 12.7. The van der Waals surface area contributed by atoms with Gasteiger partial charge in [-0.3, -0.25) is 0 Å². The minimum absolute atomic E-state index is 0.700. The minimum atomic E-state index is 0.700. The highest BCUT2D eigenvalue weighted by Crippen LogP contribution is 2.28. The lowest BCUT2D eigenvalue weighted by molar-refractivity contribution is 0.395. The topological polar surface area (TPSA) is 37.4 Å². The highest BCUT2D eigenvalue weighted by atomic mass is 16.5. The molecule has 2 heterocycles. The van der Waals surface area contributed by atoms with E-state index in [4.69, 9.17) is 4.74 Å². The summed E-state index contributed by atoms with van der Waals surface area (Å²) >= 11 is 0. The molecule has 4 nitrogen and oxygen atoms in total. The lowest BCUT2D eigenvalue weighted by Gasteiger charge is -2.34. The van der Waals surface area contributed by atoms with Crippen molar-refractivity contribution in [3.8, 4) is 5.88 Å². The molecule has 1 aromatic heterocycles. The van der Waals surface area contributed by atoms with Gasteiger partial charge in [0.05, 0.1) is 7.11 Å². The first-order valence-electron chi connectivity index (χ1n) is 7.33. The van der Waals surface area contributed by atoms with Crippen LogP contribution in [0.5, 0.6) is 5.88 Å². The van der Waals surface area contributed by atoms with E-state index in [1.54, 1.807) is 7.11 Å². The fourth-order valence-corrected chi connectivity index (χ4v) is 2.70. The lowest BCUT2D eigenvalue weighted by atomic mass is 10.0. The third-order valence-corrected chi connectivity index (χ3v) is 4.18. The van der Waals surface area contributed by atoms with Gasteiger partial charge in [0.15, 0.2) is 0 Å². The zero-order valence-electron chi connectivity index (χ0n) is 11.6. The molecule has 2 fully saturated rings. The average Bonchev–Trinajstić information content (AvgIpc) is 3.30. The molecule has 1 saturated carbocycles. The molecule has 19 heavy (non-hydrogen) atoms. The van der Waals surface area contributed by atoms with E-state index in [0.717, 1.165) is 19.0 Å². The number of hydrogen-bond acceptors (Lipinski definition) is 4. The molecule has 0 amide bonds. The van der Waals surface area contributed by atoms with Crippen LogP contribution in [0.3, 0.4) is 0 Å². The highest BCUT2D eigenvalue weighted by Gasteiger charge is 2.24. The molecule has 3 rings (SSSR count). The van der Waals surface area contributed by atoms with Crippen LogP contribution in [0, 0.1) is 5.92 Å². The Labute approximate surface area is 115 Å². The number of anilines is 1. The van der Waals surface area contributed by atoms with Crippen LogP contribution in [0.2, 0.25) is 0 Å². The van der Waals surface area contributed by atoms with Gasteiger partial charge in [0.2, 0.25) is 5.88 Å². The van der Waals surface area contributed by atoms with Crippen molar-refractivity contribution in [1.29, 1.82) is 0 Å². The molecule has 0 radical (unpaired) electrons. The maximum atomic E-state index is 5.19. The second-order valence-electron chi connectivity index (χ2n) is 5.67. The van der Waals surface area contributed by atoms with E-state index in [2.05, 4.69) is 21.3 Å². The van der Waals surface area contributed by atoms with Gasteiger partial charge < -0.3 is 15.0 Å². The third-order valence-electron chi connectivity index (χ3n) is 4.18. The maximum absolute atomic E-state index is 5.19. The number of nitrogens with zero attached hydrogens (tertiary/aromatic N) is 2. The van der Waals surface area contributed by atoms with Crippen molar-refractivity contribution in [2.45, 2.75) is 31.7 Å². The van der Waals surface area contributed by atoms with E-state index >= 15 is 0 Å². The molecule has 4 heteroatoms. The summed E-state index contributed by atoms with van der Waals surface area (Å²) in [5.74, 6) is 1.67. The van der Waals surface area contributed by atoms with Gasteiger partial charge >= 0.3 is 0 Å². The number of rotatable bonds is 5. The van der Waals surface area contributed by atoms with Crippen LogP contribution in [-0.4, -0.2) is 37.8 Å². The number of ether oxygens (including phenoxy) is 1. The SMILES string of the molecule is COc1cc(N2CCC(NCC3CC3)CC2)ccn1. The predicted molar refractivity (Wildman–Crippen MR) is 76.8 cm³/mol. The van der Waals surface area contributed by atoms with Crippen LogP contribution in [0.25, 0.3) is 0 Å². The van der Waals surface area contributed by atoms with Crippen molar-refractivity contribution < 1.29 is 4.74 Å². The number of aromatic nitrogens is 1. The monoisotopic (exact) mass is 261 g/mol. The predicted octanol–water partition coefficient (Wildman–Crippen LogP) is 2.06. The Morgan fingerprint density at radius 1 is 1.32 bits per heavy atom. The molecule has 1 N–H and O–H groups in total. The van der Waals surface area contributed by atoms with Gasteiger partial charge in [-0.25, -0.2) is 4.98 Å². The summed E-state index contributed by atoms with van der Waals surface area (Å²) in [6, 6.07) is 4.80. The Morgan fingerprint density at radius 2 is 2.11 bits per heavy atom. The van der Waals surface area contributed by atoms with Crippen LogP contribution >= 0.6 is 0 Å². The van der Waals surface area contributed by atoms with Gasteiger partial charge in [-0.15, -0.1) is 0 Å². The fraction of sp³-hybridized carbons (Fsp3) is 0.667. The highest BCUT2D eigenvalue weighted by molar-refractivity contribution is 5.48. The van der Waals surface area contributed by atoms with Crippen LogP contribution in [-0.2, 0) is 0 Å². The largest absolute Gasteiger partial charge is 0.481 e. The van der Waals surface area contributed by atoms with E-state index in [1.807, 2.05) is 12.3 Å². The first-order valence-corrected chi connectivity index (χ1v) is 7.33. The molecule has 1 aliphatic heterocycles. The van der Waals surface area contributed by atoms with Crippen molar-refractivity contribution in [3.63, 3.8) is 0 Å². The van der Waals surface area contributed by atoms with Gasteiger partial charge in [0.1, 0.15) is 0 Å². The number of nitrogens with one attached hydrogen (secondary N) is 1. The smallest absolute Gasteiger partial charge is 0.214 e. The fourth-order valence-electron chi connectivity index (χ4n) is 2.70. The van der Waals surface area contributed by atoms with Crippen molar-refractivity contribution in [2.24, 2.45) is 5.92 Å². The van der Waals surface area contributed by atoms with Gasteiger partial charge in [-0.2, -0.15) is 0 Å². The third kappa shape index (κ3) is 3.38. The van der Waals surface area contributed by atoms with Gasteiger partial charge in [-0.1, -0.05) is 0 Å². The molecule has 0 aromatic carbocycles. The molecule has 1 saturated heterocycles. The van der Waals surface area contributed by atoms with E-state index in [-0.39, 0.29) is 0 Å². The lowest BCUT2D eigenvalue weighted by Crippen LogP contribution is -2.43. The van der Waals surface area contributed by atoms with E-state index in [0.29, 0.717) is 11.9 Å². The molecule has 0 atom stereocenters. The standard InChI is InChI=1S/C15H23N3O/c1-19-15-10-14(4-7-16-15)18-8-5-13(6-9-18)17-11-12-2-3-12/h4,7,10,12-13,17H,2-3,5-6,8-9,11H2,1H3. The van der Waals surface area contributed by atoms with Gasteiger partial charge in [0.25, 0.3) is 0 Å². The Hall–Kier alpha value is -1.29. The van der Waals surface area contributed by atoms with E-state index in [9.17, 15) is 0 Å².